The van der Waals surface area contributed by atoms with E-state index in [0.29, 0.717) is 18.7 Å². The number of urea groups is 1. The van der Waals surface area contributed by atoms with Crippen molar-refractivity contribution in [3.8, 4) is 0 Å². The first kappa shape index (κ1) is 17.0. The lowest BCUT2D eigenvalue weighted by atomic mass is 9.96. The van der Waals surface area contributed by atoms with Gasteiger partial charge >= 0.3 is 6.03 Å². The van der Waals surface area contributed by atoms with Crippen LogP contribution in [0.15, 0.2) is 35.5 Å². The summed E-state index contributed by atoms with van der Waals surface area (Å²) in [5.74, 6) is -0.382. The van der Waals surface area contributed by atoms with E-state index in [1.807, 2.05) is 4.90 Å². The Labute approximate surface area is 152 Å². The van der Waals surface area contributed by atoms with E-state index in [-0.39, 0.29) is 17.8 Å². The molecule has 0 aromatic heterocycles. The first-order chi connectivity index (χ1) is 12.5. The normalized spacial score (nSPS) is 23.7. The highest BCUT2D eigenvalue weighted by Crippen LogP contribution is 2.35. The molecule has 3 aliphatic rings. The molecule has 6 nitrogen and oxygen atoms in total. The Morgan fingerprint density at radius 2 is 1.81 bits per heavy atom. The van der Waals surface area contributed by atoms with E-state index in [0.717, 1.165) is 30.9 Å². The third-order valence-electron chi connectivity index (χ3n) is 5.52. The average Bonchev–Trinajstić information content (AvgIpc) is 3.26. The second kappa shape index (κ2) is 6.72. The van der Waals surface area contributed by atoms with Gasteiger partial charge in [0.15, 0.2) is 0 Å². The maximum Gasteiger partial charge on any atom is 0.322 e. The molecule has 1 saturated heterocycles. The number of halogens is 1. The Bertz CT molecular complexity index is 755. The lowest BCUT2D eigenvalue weighted by Crippen LogP contribution is -2.45. The van der Waals surface area contributed by atoms with Crippen molar-refractivity contribution in [3.05, 3.63) is 46.9 Å². The molecule has 1 N–H and O–H groups in total. The Morgan fingerprint density at radius 1 is 1.12 bits per heavy atom. The number of nitrogens with one attached hydrogen (secondary N) is 1. The Kier molecular flexibility index (Phi) is 4.40. The van der Waals surface area contributed by atoms with Crippen molar-refractivity contribution in [1.29, 1.82) is 0 Å². The second-order valence-electron chi connectivity index (χ2n) is 7.13. The fourth-order valence-electron chi connectivity index (χ4n) is 3.98. The summed E-state index contributed by atoms with van der Waals surface area (Å²) in [5, 5.41) is 2.87. The molecule has 0 unspecified atom stereocenters. The molecule has 0 aliphatic carbocycles. The van der Waals surface area contributed by atoms with Gasteiger partial charge in [0.05, 0.1) is 23.9 Å². The molecular weight excluding hydrogens is 335 g/mol. The predicted molar refractivity (Wildman–Crippen MR) is 94.7 cm³/mol. The van der Waals surface area contributed by atoms with E-state index in [1.165, 1.54) is 29.9 Å². The standard InChI is InChI=1S/C19H23FN4O2/c1-22-15-12-24(11-10-23-8-2-3-9-23)18(25)16(15)17(21-19(22)26)13-4-6-14(20)7-5-13/h4-7,17H,2-3,8-12H2,1H3,(H,21,26)/t17-/m0/s1. The van der Waals surface area contributed by atoms with Gasteiger partial charge in [-0.1, -0.05) is 12.1 Å². The van der Waals surface area contributed by atoms with Crippen molar-refractivity contribution in [2.24, 2.45) is 0 Å². The number of likely N-dealkylation sites (tertiary alicyclic amines) is 1. The molecule has 1 aromatic carbocycles. The highest BCUT2D eigenvalue weighted by molar-refractivity contribution is 6.01. The summed E-state index contributed by atoms with van der Waals surface area (Å²) in [6.45, 7) is 4.15. The monoisotopic (exact) mass is 358 g/mol. The lowest BCUT2D eigenvalue weighted by molar-refractivity contribution is -0.126. The summed E-state index contributed by atoms with van der Waals surface area (Å²) in [6, 6.07) is 5.17. The molecule has 26 heavy (non-hydrogen) atoms. The van der Waals surface area contributed by atoms with Crippen molar-refractivity contribution in [2.75, 3.05) is 39.8 Å². The van der Waals surface area contributed by atoms with Crippen molar-refractivity contribution in [2.45, 2.75) is 18.9 Å². The number of likely N-dealkylation sites (N-methyl/N-ethyl adjacent to an activating group) is 1. The first-order valence-corrected chi connectivity index (χ1v) is 9.09. The topological polar surface area (TPSA) is 55.9 Å². The largest absolute Gasteiger partial charge is 0.332 e. The van der Waals surface area contributed by atoms with Crippen LogP contribution in [0.5, 0.6) is 0 Å². The summed E-state index contributed by atoms with van der Waals surface area (Å²) >= 11 is 0. The zero-order valence-electron chi connectivity index (χ0n) is 14.9. The number of benzene rings is 1. The molecule has 0 radical (unpaired) electrons. The lowest BCUT2D eigenvalue weighted by Gasteiger charge is -2.31. The summed E-state index contributed by atoms with van der Waals surface area (Å²) in [6.07, 6.45) is 2.44. The van der Waals surface area contributed by atoms with Crippen molar-refractivity contribution in [3.63, 3.8) is 0 Å². The minimum absolute atomic E-state index is 0.0413. The van der Waals surface area contributed by atoms with E-state index >= 15 is 0 Å². The second-order valence-corrected chi connectivity index (χ2v) is 7.13. The van der Waals surface area contributed by atoms with Gasteiger partial charge in [-0.2, -0.15) is 0 Å². The number of rotatable bonds is 4. The number of carbonyl (C=O) groups is 2. The number of amides is 3. The molecule has 3 amide bonds. The fraction of sp³-hybridized carbons (Fsp3) is 0.474. The summed E-state index contributed by atoms with van der Waals surface area (Å²) in [7, 11) is 1.68. The molecule has 3 aliphatic heterocycles. The molecule has 4 rings (SSSR count). The van der Waals surface area contributed by atoms with Crippen LogP contribution in [0.1, 0.15) is 24.4 Å². The van der Waals surface area contributed by atoms with Crippen LogP contribution in [0.4, 0.5) is 9.18 Å². The maximum absolute atomic E-state index is 13.3. The number of hydrogen-bond donors (Lipinski definition) is 1. The van der Waals surface area contributed by atoms with Crippen LogP contribution in [-0.4, -0.2) is 66.4 Å². The average molecular weight is 358 g/mol. The third kappa shape index (κ3) is 2.96. The molecule has 0 bridgehead atoms. The van der Waals surface area contributed by atoms with E-state index in [9.17, 15) is 14.0 Å². The van der Waals surface area contributed by atoms with Gasteiger partial charge in [0.25, 0.3) is 5.91 Å². The molecular formula is C19H23FN4O2. The highest BCUT2D eigenvalue weighted by Gasteiger charge is 2.42. The van der Waals surface area contributed by atoms with Crippen molar-refractivity contribution >= 4 is 11.9 Å². The van der Waals surface area contributed by atoms with Crippen LogP contribution < -0.4 is 5.32 Å². The summed E-state index contributed by atoms with van der Waals surface area (Å²) in [5.41, 5.74) is 2.06. The van der Waals surface area contributed by atoms with Crippen LogP contribution in [0.2, 0.25) is 0 Å². The number of nitrogens with zero attached hydrogens (tertiary/aromatic N) is 3. The molecule has 1 aromatic rings. The SMILES string of the molecule is CN1C(=O)N[C@@H](c2ccc(F)cc2)C2=C1CN(CCN1CCCC1)C2=O. The molecule has 7 heteroatoms. The van der Waals surface area contributed by atoms with Crippen molar-refractivity contribution in [1.82, 2.24) is 20.0 Å². The van der Waals surface area contributed by atoms with Gasteiger partial charge in [-0.15, -0.1) is 0 Å². The highest BCUT2D eigenvalue weighted by atomic mass is 19.1. The quantitative estimate of drug-likeness (QED) is 0.892. The number of hydrogen-bond acceptors (Lipinski definition) is 3. The smallest absolute Gasteiger partial charge is 0.322 e. The predicted octanol–water partition coefficient (Wildman–Crippen LogP) is 1.71. The van der Waals surface area contributed by atoms with Gasteiger partial charge in [-0.05, 0) is 43.6 Å². The minimum atomic E-state index is -0.529. The van der Waals surface area contributed by atoms with Crippen molar-refractivity contribution < 1.29 is 14.0 Å². The van der Waals surface area contributed by atoms with Crippen LogP contribution in [-0.2, 0) is 4.79 Å². The molecule has 3 heterocycles. The van der Waals surface area contributed by atoms with E-state index in [1.54, 1.807) is 19.2 Å². The first-order valence-electron chi connectivity index (χ1n) is 9.09. The minimum Gasteiger partial charge on any atom is -0.332 e. The van der Waals surface area contributed by atoms with E-state index < -0.39 is 6.04 Å². The molecule has 1 fully saturated rings. The molecule has 0 spiro atoms. The van der Waals surface area contributed by atoms with Gasteiger partial charge in [0.2, 0.25) is 0 Å². The van der Waals surface area contributed by atoms with Gasteiger partial charge in [-0.3, -0.25) is 9.69 Å². The van der Waals surface area contributed by atoms with Gasteiger partial charge in [0, 0.05) is 20.1 Å². The Hall–Kier alpha value is -2.41. The number of carbonyl (C=O) groups excluding carboxylic acids is 2. The van der Waals surface area contributed by atoms with E-state index in [2.05, 4.69) is 10.2 Å². The van der Waals surface area contributed by atoms with Crippen LogP contribution in [0.3, 0.4) is 0 Å². The van der Waals surface area contributed by atoms with Gasteiger partial charge in [0.1, 0.15) is 5.82 Å². The van der Waals surface area contributed by atoms with Crippen LogP contribution >= 0.6 is 0 Å². The van der Waals surface area contributed by atoms with Crippen LogP contribution in [0, 0.1) is 5.82 Å². The molecule has 1 atom stereocenters. The van der Waals surface area contributed by atoms with Crippen LogP contribution in [0.25, 0.3) is 0 Å². The Morgan fingerprint density at radius 3 is 2.50 bits per heavy atom. The zero-order valence-corrected chi connectivity index (χ0v) is 14.9. The zero-order chi connectivity index (χ0) is 18.3. The van der Waals surface area contributed by atoms with Gasteiger partial charge < -0.3 is 15.1 Å². The molecule has 0 saturated carbocycles. The maximum atomic E-state index is 13.3. The van der Waals surface area contributed by atoms with E-state index in [4.69, 9.17) is 0 Å². The third-order valence-corrected chi connectivity index (χ3v) is 5.52. The summed E-state index contributed by atoms with van der Waals surface area (Å²) < 4.78 is 13.3. The molecule has 138 valence electrons. The van der Waals surface area contributed by atoms with Gasteiger partial charge in [-0.25, -0.2) is 9.18 Å². The Balaban J connectivity index is 1.57. The summed E-state index contributed by atoms with van der Waals surface area (Å²) in [4.78, 5) is 31.1. The fourth-order valence-corrected chi connectivity index (χ4v) is 3.98.